The maximum Gasteiger partial charge on any atom is 0.331 e. The predicted octanol–water partition coefficient (Wildman–Crippen LogP) is 3.79. The van der Waals surface area contributed by atoms with E-state index in [4.69, 9.17) is 5.11 Å². The van der Waals surface area contributed by atoms with E-state index in [1.165, 1.54) is 24.0 Å². The standard InChI is InChI=1S/C15H22O2/c1-9(2)12-6-4-10(3)13-7-5-11(15(16)17)8-14(12)13/h8-9,12,14H,4-7H2,1-3H3,(H,16,17)/t12-,14+/m1/s1. The first kappa shape index (κ1) is 12.4. The average molecular weight is 234 g/mol. The van der Waals surface area contributed by atoms with Crippen molar-refractivity contribution in [3.05, 3.63) is 22.8 Å². The Bertz CT molecular complexity index is 388. The number of carboxylic acids is 1. The average Bonchev–Trinajstić information content (AvgIpc) is 2.28. The van der Waals surface area contributed by atoms with Crippen molar-refractivity contribution >= 4 is 5.97 Å². The van der Waals surface area contributed by atoms with Crippen LogP contribution in [0.3, 0.4) is 0 Å². The van der Waals surface area contributed by atoms with Gasteiger partial charge >= 0.3 is 5.97 Å². The number of rotatable bonds is 2. The summed E-state index contributed by atoms with van der Waals surface area (Å²) in [7, 11) is 0. The van der Waals surface area contributed by atoms with Gasteiger partial charge in [0.05, 0.1) is 0 Å². The Balaban J connectivity index is 2.36. The third kappa shape index (κ3) is 2.31. The number of fused-ring (bicyclic) bond motifs is 1. The van der Waals surface area contributed by atoms with Gasteiger partial charge in [-0.05, 0) is 44.4 Å². The van der Waals surface area contributed by atoms with Gasteiger partial charge in [0.2, 0.25) is 0 Å². The summed E-state index contributed by atoms with van der Waals surface area (Å²) < 4.78 is 0. The van der Waals surface area contributed by atoms with E-state index in [2.05, 4.69) is 20.8 Å². The Labute approximate surface area is 103 Å². The van der Waals surface area contributed by atoms with Crippen molar-refractivity contribution in [3.8, 4) is 0 Å². The summed E-state index contributed by atoms with van der Waals surface area (Å²) in [4.78, 5) is 11.1. The summed E-state index contributed by atoms with van der Waals surface area (Å²) in [6, 6.07) is 0. The second-order valence-corrected chi connectivity index (χ2v) is 5.77. The van der Waals surface area contributed by atoms with Crippen molar-refractivity contribution < 1.29 is 9.90 Å². The van der Waals surface area contributed by atoms with Crippen LogP contribution in [-0.2, 0) is 4.79 Å². The third-order valence-electron chi connectivity index (χ3n) is 4.44. The molecule has 0 aromatic carbocycles. The molecule has 2 aliphatic rings. The van der Waals surface area contributed by atoms with Gasteiger partial charge in [-0.15, -0.1) is 0 Å². The van der Waals surface area contributed by atoms with Crippen LogP contribution in [0.15, 0.2) is 22.8 Å². The van der Waals surface area contributed by atoms with Crippen molar-refractivity contribution in [3.63, 3.8) is 0 Å². The van der Waals surface area contributed by atoms with E-state index in [1.54, 1.807) is 0 Å². The zero-order chi connectivity index (χ0) is 12.6. The van der Waals surface area contributed by atoms with Gasteiger partial charge in [-0.2, -0.15) is 0 Å². The van der Waals surface area contributed by atoms with Crippen molar-refractivity contribution in [1.29, 1.82) is 0 Å². The van der Waals surface area contributed by atoms with Gasteiger partial charge < -0.3 is 5.11 Å². The zero-order valence-corrected chi connectivity index (χ0v) is 11.0. The molecule has 0 heterocycles. The summed E-state index contributed by atoms with van der Waals surface area (Å²) >= 11 is 0. The van der Waals surface area contributed by atoms with Gasteiger partial charge in [0, 0.05) is 11.5 Å². The number of carboxylic acid groups (broad SMARTS) is 1. The second kappa shape index (κ2) is 4.67. The molecule has 0 aliphatic heterocycles. The van der Waals surface area contributed by atoms with Crippen LogP contribution in [0, 0.1) is 17.8 Å². The van der Waals surface area contributed by atoms with E-state index < -0.39 is 5.97 Å². The predicted molar refractivity (Wildman–Crippen MR) is 68.7 cm³/mol. The number of carbonyl (C=O) groups is 1. The number of allylic oxidation sites excluding steroid dienone is 3. The van der Waals surface area contributed by atoms with Crippen molar-refractivity contribution in [2.75, 3.05) is 0 Å². The van der Waals surface area contributed by atoms with Gasteiger partial charge in [-0.1, -0.05) is 31.1 Å². The molecule has 1 N–H and O–H groups in total. The molecule has 94 valence electrons. The number of aliphatic carboxylic acids is 1. The Morgan fingerprint density at radius 3 is 2.65 bits per heavy atom. The lowest BCUT2D eigenvalue weighted by Gasteiger charge is -2.38. The highest BCUT2D eigenvalue weighted by Gasteiger charge is 2.33. The Kier molecular flexibility index (Phi) is 3.41. The van der Waals surface area contributed by atoms with E-state index in [1.807, 2.05) is 6.08 Å². The molecule has 0 unspecified atom stereocenters. The van der Waals surface area contributed by atoms with Gasteiger partial charge in [0.15, 0.2) is 0 Å². The van der Waals surface area contributed by atoms with Gasteiger partial charge in [-0.25, -0.2) is 4.79 Å². The van der Waals surface area contributed by atoms with Crippen LogP contribution in [0.5, 0.6) is 0 Å². The molecule has 0 amide bonds. The molecule has 0 spiro atoms. The van der Waals surface area contributed by atoms with Crippen LogP contribution in [0.2, 0.25) is 0 Å². The van der Waals surface area contributed by atoms with Gasteiger partial charge in [0.1, 0.15) is 0 Å². The number of hydrogen-bond donors (Lipinski definition) is 1. The molecule has 0 aromatic heterocycles. The summed E-state index contributed by atoms with van der Waals surface area (Å²) in [5, 5.41) is 9.13. The minimum absolute atomic E-state index is 0.392. The molecule has 2 heteroatoms. The SMILES string of the molecule is CC1=C2CCC(C(=O)O)=C[C@H]2[C@@H](C(C)C)CC1. The zero-order valence-electron chi connectivity index (χ0n) is 11.0. The van der Waals surface area contributed by atoms with E-state index in [0.717, 1.165) is 6.42 Å². The normalized spacial score (nSPS) is 29.1. The second-order valence-electron chi connectivity index (χ2n) is 5.77. The van der Waals surface area contributed by atoms with Crippen LogP contribution >= 0.6 is 0 Å². The molecule has 2 rings (SSSR count). The summed E-state index contributed by atoms with van der Waals surface area (Å²) in [5.41, 5.74) is 3.66. The fourth-order valence-electron chi connectivity index (χ4n) is 3.37. The maximum absolute atomic E-state index is 11.1. The molecular weight excluding hydrogens is 212 g/mol. The van der Waals surface area contributed by atoms with Crippen LogP contribution in [0.25, 0.3) is 0 Å². The summed E-state index contributed by atoms with van der Waals surface area (Å²) in [5.74, 6) is 0.925. The number of hydrogen-bond acceptors (Lipinski definition) is 1. The Hall–Kier alpha value is -1.05. The lowest BCUT2D eigenvalue weighted by atomic mass is 9.67. The molecule has 0 bridgehead atoms. The van der Waals surface area contributed by atoms with E-state index >= 15 is 0 Å². The smallest absolute Gasteiger partial charge is 0.331 e. The topological polar surface area (TPSA) is 37.3 Å². The molecule has 0 saturated heterocycles. The monoisotopic (exact) mass is 234 g/mol. The molecule has 2 aliphatic carbocycles. The highest BCUT2D eigenvalue weighted by Crippen LogP contribution is 2.44. The highest BCUT2D eigenvalue weighted by molar-refractivity contribution is 5.87. The Morgan fingerprint density at radius 1 is 1.35 bits per heavy atom. The van der Waals surface area contributed by atoms with Crippen LogP contribution < -0.4 is 0 Å². The molecule has 17 heavy (non-hydrogen) atoms. The van der Waals surface area contributed by atoms with Gasteiger partial charge in [-0.3, -0.25) is 0 Å². The lowest BCUT2D eigenvalue weighted by molar-refractivity contribution is -0.132. The first-order valence-electron chi connectivity index (χ1n) is 6.63. The molecule has 0 radical (unpaired) electrons. The fourth-order valence-corrected chi connectivity index (χ4v) is 3.37. The highest BCUT2D eigenvalue weighted by atomic mass is 16.4. The van der Waals surface area contributed by atoms with Crippen molar-refractivity contribution in [1.82, 2.24) is 0 Å². The lowest BCUT2D eigenvalue weighted by Crippen LogP contribution is -2.28. The van der Waals surface area contributed by atoms with Crippen LogP contribution in [-0.4, -0.2) is 11.1 Å². The van der Waals surface area contributed by atoms with E-state index in [9.17, 15) is 4.79 Å². The summed E-state index contributed by atoms with van der Waals surface area (Å²) in [6.07, 6.45) is 6.11. The molecule has 0 aromatic rings. The van der Waals surface area contributed by atoms with Crippen LogP contribution in [0.1, 0.15) is 46.5 Å². The maximum atomic E-state index is 11.1. The first-order chi connectivity index (χ1) is 8.00. The van der Waals surface area contributed by atoms with Gasteiger partial charge in [0.25, 0.3) is 0 Å². The third-order valence-corrected chi connectivity index (χ3v) is 4.44. The minimum atomic E-state index is -0.727. The minimum Gasteiger partial charge on any atom is -0.478 e. The molecule has 0 fully saturated rings. The summed E-state index contributed by atoms with van der Waals surface area (Å²) in [6.45, 7) is 6.73. The van der Waals surface area contributed by atoms with Crippen molar-refractivity contribution in [2.45, 2.75) is 46.5 Å². The largest absolute Gasteiger partial charge is 0.478 e. The van der Waals surface area contributed by atoms with E-state index in [0.29, 0.717) is 29.7 Å². The molecule has 0 saturated carbocycles. The molecule has 2 nitrogen and oxygen atoms in total. The Morgan fingerprint density at radius 2 is 2.06 bits per heavy atom. The van der Waals surface area contributed by atoms with Crippen LogP contribution in [0.4, 0.5) is 0 Å². The molecular formula is C15H22O2. The van der Waals surface area contributed by atoms with Crippen molar-refractivity contribution in [2.24, 2.45) is 17.8 Å². The quantitative estimate of drug-likeness (QED) is 0.738. The molecule has 2 atom stereocenters. The van der Waals surface area contributed by atoms with E-state index in [-0.39, 0.29) is 0 Å². The first-order valence-corrected chi connectivity index (χ1v) is 6.63. The fraction of sp³-hybridized carbons (Fsp3) is 0.667.